The Morgan fingerprint density at radius 1 is 1.60 bits per heavy atom. The maximum Gasteiger partial charge on any atom is 0.109 e. The van der Waals surface area contributed by atoms with E-state index >= 15 is 0 Å². The van der Waals surface area contributed by atoms with E-state index in [1.54, 1.807) is 0 Å². The van der Waals surface area contributed by atoms with E-state index in [1.807, 2.05) is 18.0 Å². The fourth-order valence-electron chi connectivity index (χ4n) is 2.09. The number of hydrogen-bond acceptors (Lipinski definition) is 3. The maximum absolute atomic E-state index is 5.49. The lowest BCUT2D eigenvalue weighted by Gasteiger charge is -2.31. The van der Waals surface area contributed by atoms with Crippen LogP contribution < -0.4 is 5.32 Å². The SMILES string of the molecule is CSC(C)(C)CC1NCCc2occc21. The molecular weight excluding hydrogens is 206 g/mol. The van der Waals surface area contributed by atoms with Crippen LogP contribution >= 0.6 is 11.8 Å². The van der Waals surface area contributed by atoms with Gasteiger partial charge in [0.25, 0.3) is 0 Å². The van der Waals surface area contributed by atoms with Crippen LogP contribution in [0.2, 0.25) is 0 Å². The highest BCUT2D eigenvalue weighted by molar-refractivity contribution is 7.99. The number of hydrogen-bond donors (Lipinski definition) is 1. The van der Waals surface area contributed by atoms with Gasteiger partial charge in [-0.1, -0.05) is 13.8 Å². The Labute approximate surface area is 95.8 Å². The highest BCUT2D eigenvalue weighted by atomic mass is 32.2. The quantitative estimate of drug-likeness (QED) is 0.856. The van der Waals surface area contributed by atoms with E-state index in [0.717, 1.165) is 19.4 Å². The summed E-state index contributed by atoms with van der Waals surface area (Å²) in [5.74, 6) is 1.18. The summed E-state index contributed by atoms with van der Waals surface area (Å²) < 4.78 is 5.81. The van der Waals surface area contributed by atoms with E-state index in [9.17, 15) is 0 Å². The number of furan rings is 1. The zero-order chi connectivity index (χ0) is 10.9. The first-order chi connectivity index (χ1) is 7.12. The number of nitrogens with one attached hydrogen (secondary N) is 1. The van der Waals surface area contributed by atoms with Gasteiger partial charge in [-0.25, -0.2) is 0 Å². The molecule has 1 unspecified atom stereocenters. The van der Waals surface area contributed by atoms with Crippen molar-refractivity contribution in [2.24, 2.45) is 0 Å². The molecule has 0 fully saturated rings. The van der Waals surface area contributed by atoms with Gasteiger partial charge in [0.2, 0.25) is 0 Å². The molecule has 0 saturated heterocycles. The molecule has 1 atom stereocenters. The molecule has 2 heterocycles. The van der Waals surface area contributed by atoms with Gasteiger partial charge in [0.1, 0.15) is 5.76 Å². The van der Waals surface area contributed by atoms with Crippen molar-refractivity contribution < 1.29 is 4.42 Å². The molecule has 0 amide bonds. The van der Waals surface area contributed by atoms with Crippen LogP contribution in [-0.4, -0.2) is 17.5 Å². The lowest BCUT2D eigenvalue weighted by Crippen LogP contribution is -2.33. The summed E-state index contributed by atoms with van der Waals surface area (Å²) in [5, 5.41) is 3.58. The number of thioether (sulfide) groups is 1. The van der Waals surface area contributed by atoms with E-state index in [1.165, 1.54) is 11.3 Å². The summed E-state index contributed by atoms with van der Waals surface area (Å²) in [4.78, 5) is 0. The zero-order valence-electron chi connectivity index (χ0n) is 9.67. The molecule has 1 aromatic heterocycles. The van der Waals surface area contributed by atoms with Crippen molar-refractivity contribution in [3.8, 4) is 0 Å². The molecular formula is C12H19NOS. The van der Waals surface area contributed by atoms with Gasteiger partial charge in [-0.2, -0.15) is 11.8 Å². The fraction of sp³-hybridized carbons (Fsp3) is 0.667. The Bertz CT molecular complexity index is 332. The molecule has 2 nitrogen and oxygen atoms in total. The first kappa shape index (κ1) is 11.1. The minimum absolute atomic E-state index is 0.323. The van der Waals surface area contributed by atoms with Crippen LogP contribution in [0.4, 0.5) is 0 Å². The molecule has 0 spiro atoms. The third-order valence-electron chi connectivity index (χ3n) is 3.15. The van der Waals surface area contributed by atoms with Crippen molar-refractivity contribution in [3.63, 3.8) is 0 Å². The Morgan fingerprint density at radius 3 is 3.13 bits per heavy atom. The highest BCUT2D eigenvalue weighted by Crippen LogP contribution is 2.35. The normalized spacial score (nSPS) is 21.4. The molecule has 3 heteroatoms. The average Bonchev–Trinajstić information content (AvgIpc) is 2.66. The van der Waals surface area contributed by atoms with Crippen molar-refractivity contribution in [1.82, 2.24) is 5.32 Å². The summed E-state index contributed by atoms with van der Waals surface area (Å²) >= 11 is 1.93. The van der Waals surface area contributed by atoms with Crippen LogP contribution in [0.15, 0.2) is 16.7 Å². The Balaban J connectivity index is 2.13. The average molecular weight is 225 g/mol. The number of rotatable bonds is 3. The van der Waals surface area contributed by atoms with Gasteiger partial charge in [-0.3, -0.25) is 0 Å². The second-order valence-corrected chi connectivity index (χ2v) is 6.24. The summed E-state index contributed by atoms with van der Waals surface area (Å²) in [6, 6.07) is 2.58. The summed E-state index contributed by atoms with van der Waals surface area (Å²) in [5.41, 5.74) is 1.36. The fourth-order valence-corrected chi connectivity index (χ4v) is 2.42. The Morgan fingerprint density at radius 2 is 2.40 bits per heavy atom. The first-order valence-corrected chi connectivity index (χ1v) is 6.70. The van der Waals surface area contributed by atoms with Gasteiger partial charge >= 0.3 is 0 Å². The molecule has 1 aromatic rings. The van der Waals surface area contributed by atoms with Gasteiger partial charge in [-0.15, -0.1) is 0 Å². The molecule has 84 valence electrons. The highest BCUT2D eigenvalue weighted by Gasteiger charge is 2.28. The van der Waals surface area contributed by atoms with Gasteiger partial charge < -0.3 is 9.73 Å². The molecule has 0 bridgehead atoms. The van der Waals surface area contributed by atoms with E-state index in [0.29, 0.717) is 10.8 Å². The van der Waals surface area contributed by atoms with E-state index in [-0.39, 0.29) is 0 Å². The van der Waals surface area contributed by atoms with Gasteiger partial charge in [0.05, 0.1) is 6.26 Å². The second kappa shape index (κ2) is 4.22. The Kier molecular flexibility index (Phi) is 3.12. The summed E-state index contributed by atoms with van der Waals surface area (Å²) in [6.45, 7) is 5.64. The van der Waals surface area contributed by atoms with Gasteiger partial charge in [0, 0.05) is 29.3 Å². The topological polar surface area (TPSA) is 25.2 Å². The molecule has 15 heavy (non-hydrogen) atoms. The van der Waals surface area contributed by atoms with Crippen LogP contribution in [0, 0.1) is 0 Å². The first-order valence-electron chi connectivity index (χ1n) is 5.47. The maximum atomic E-state index is 5.49. The molecule has 2 rings (SSSR count). The smallest absolute Gasteiger partial charge is 0.109 e. The Hall–Kier alpha value is -0.410. The summed E-state index contributed by atoms with van der Waals surface area (Å²) in [7, 11) is 0. The summed E-state index contributed by atoms with van der Waals surface area (Å²) in [6.07, 6.45) is 6.18. The van der Waals surface area contributed by atoms with Crippen LogP contribution in [0.5, 0.6) is 0 Å². The third kappa shape index (κ3) is 2.40. The minimum atomic E-state index is 0.323. The van der Waals surface area contributed by atoms with Crippen molar-refractivity contribution in [2.75, 3.05) is 12.8 Å². The molecule has 0 aromatic carbocycles. The van der Waals surface area contributed by atoms with Gasteiger partial charge in [-0.05, 0) is 18.7 Å². The molecule has 1 aliphatic rings. The van der Waals surface area contributed by atoms with Crippen molar-refractivity contribution in [1.29, 1.82) is 0 Å². The second-order valence-electron chi connectivity index (χ2n) is 4.72. The van der Waals surface area contributed by atoms with E-state index in [2.05, 4.69) is 31.5 Å². The van der Waals surface area contributed by atoms with Crippen LogP contribution in [-0.2, 0) is 6.42 Å². The van der Waals surface area contributed by atoms with Crippen molar-refractivity contribution in [2.45, 2.75) is 37.5 Å². The zero-order valence-corrected chi connectivity index (χ0v) is 10.5. The van der Waals surface area contributed by atoms with E-state index < -0.39 is 0 Å². The molecule has 1 aliphatic heterocycles. The standard InChI is InChI=1S/C12H19NOS/c1-12(2,15-3)8-10-9-5-7-14-11(9)4-6-13-10/h5,7,10,13H,4,6,8H2,1-3H3. The molecule has 0 saturated carbocycles. The largest absolute Gasteiger partial charge is 0.469 e. The lowest BCUT2D eigenvalue weighted by molar-refractivity contribution is 0.399. The van der Waals surface area contributed by atoms with Crippen LogP contribution in [0.3, 0.4) is 0 Å². The lowest BCUT2D eigenvalue weighted by atomic mass is 9.93. The van der Waals surface area contributed by atoms with Crippen molar-refractivity contribution in [3.05, 3.63) is 23.7 Å². The molecule has 1 N–H and O–H groups in total. The minimum Gasteiger partial charge on any atom is -0.469 e. The van der Waals surface area contributed by atoms with Crippen LogP contribution in [0.1, 0.15) is 37.6 Å². The van der Waals surface area contributed by atoms with Crippen LogP contribution in [0.25, 0.3) is 0 Å². The van der Waals surface area contributed by atoms with E-state index in [4.69, 9.17) is 4.42 Å². The van der Waals surface area contributed by atoms with Crippen molar-refractivity contribution >= 4 is 11.8 Å². The number of fused-ring (bicyclic) bond motifs is 1. The molecule has 0 aliphatic carbocycles. The molecule has 0 radical (unpaired) electrons. The predicted molar refractivity (Wildman–Crippen MR) is 65.4 cm³/mol. The predicted octanol–water partition coefficient (Wildman–Crippen LogP) is 3.00. The monoisotopic (exact) mass is 225 g/mol. The third-order valence-corrected chi connectivity index (χ3v) is 4.42. The van der Waals surface area contributed by atoms with Gasteiger partial charge in [0.15, 0.2) is 0 Å².